The predicted octanol–water partition coefficient (Wildman–Crippen LogP) is 3.83. The topological polar surface area (TPSA) is 29.5 Å². The molecule has 0 N–H and O–H groups in total. The van der Waals surface area contributed by atoms with Crippen LogP contribution in [0.4, 0.5) is 4.79 Å². The molecule has 1 rings (SSSR count). The van der Waals surface area contributed by atoms with Crippen molar-refractivity contribution >= 4 is 6.09 Å². The zero-order chi connectivity index (χ0) is 12.5. The van der Waals surface area contributed by atoms with Gasteiger partial charge in [-0.05, 0) is 25.2 Å². The monoisotopic (exact) mass is 241 g/mol. The summed E-state index contributed by atoms with van der Waals surface area (Å²) in [5.41, 5.74) is 0. The third kappa shape index (κ3) is 5.42. The molecule has 1 heterocycles. The second-order valence-corrected chi connectivity index (χ2v) is 5.06. The van der Waals surface area contributed by atoms with E-state index in [4.69, 9.17) is 4.74 Å². The molecule has 0 saturated carbocycles. The van der Waals surface area contributed by atoms with Crippen LogP contribution in [0.25, 0.3) is 0 Å². The first-order valence-electron chi connectivity index (χ1n) is 7.19. The molecule has 1 aliphatic heterocycles. The number of ether oxygens (including phenoxy) is 1. The van der Waals surface area contributed by atoms with E-state index in [0.717, 1.165) is 32.4 Å². The number of nitrogens with zero attached hydrogens (tertiary/aromatic N) is 1. The van der Waals surface area contributed by atoms with Crippen molar-refractivity contribution in [3.8, 4) is 0 Å². The number of likely N-dealkylation sites (tertiary alicyclic amines) is 1. The number of hydrogen-bond donors (Lipinski definition) is 0. The predicted molar refractivity (Wildman–Crippen MR) is 70.1 cm³/mol. The van der Waals surface area contributed by atoms with Crippen molar-refractivity contribution in [2.45, 2.75) is 58.8 Å². The number of rotatable bonds is 7. The molecule has 1 saturated heterocycles. The lowest BCUT2D eigenvalue weighted by Crippen LogP contribution is -2.29. The van der Waals surface area contributed by atoms with Crippen molar-refractivity contribution in [2.75, 3.05) is 19.7 Å². The summed E-state index contributed by atoms with van der Waals surface area (Å²) in [5.74, 6) is 0.709. The Balaban J connectivity index is 2.13. The van der Waals surface area contributed by atoms with Crippen molar-refractivity contribution < 1.29 is 9.53 Å². The minimum absolute atomic E-state index is 0.101. The van der Waals surface area contributed by atoms with Crippen molar-refractivity contribution in [3.05, 3.63) is 0 Å². The zero-order valence-electron chi connectivity index (χ0n) is 11.4. The molecule has 3 heteroatoms. The smallest absolute Gasteiger partial charge is 0.409 e. The van der Waals surface area contributed by atoms with Gasteiger partial charge in [-0.25, -0.2) is 4.79 Å². The Hall–Kier alpha value is -0.730. The van der Waals surface area contributed by atoms with Gasteiger partial charge in [0.1, 0.15) is 0 Å². The van der Waals surface area contributed by atoms with Gasteiger partial charge in [0, 0.05) is 13.1 Å². The normalized spacial score (nSPS) is 19.6. The molecule has 0 radical (unpaired) electrons. The second-order valence-electron chi connectivity index (χ2n) is 5.06. The molecule has 1 atom stereocenters. The summed E-state index contributed by atoms with van der Waals surface area (Å²) in [6.45, 7) is 6.71. The standard InChI is InChI=1S/C14H27NO2/c1-3-5-7-8-13-9-10-15(12-13)14(16)17-11-6-4-2/h13H,3-12H2,1-2H3. The fourth-order valence-corrected chi connectivity index (χ4v) is 2.31. The average molecular weight is 241 g/mol. The van der Waals surface area contributed by atoms with Crippen LogP contribution in [0.5, 0.6) is 0 Å². The lowest BCUT2D eigenvalue weighted by Gasteiger charge is -2.16. The SMILES string of the molecule is CCCCCC1CCN(C(=O)OCCCC)C1. The van der Waals surface area contributed by atoms with Gasteiger partial charge in [0.25, 0.3) is 0 Å². The molecule has 0 aromatic heterocycles. The van der Waals surface area contributed by atoms with Crippen LogP contribution in [-0.4, -0.2) is 30.7 Å². The minimum atomic E-state index is -0.101. The fourth-order valence-electron chi connectivity index (χ4n) is 2.31. The maximum Gasteiger partial charge on any atom is 0.409 e. The number of carbonyl (C=O) groups excluding carboxylic acids is 1. The molecule has 1 amide bonds. The van der Waals surface area contributed by atoms with Gasteiger partial charge in [-0.2, -0.15) is 0 Å². The van der Waals surface area contributed by atoms with Crippen LogP contribution in [0.2, 0.25) is 0 Å². The van der Waals surface area contributed by atoms with Crippen LogP contribution < -0.4 is 0 Å². The number of amides is 1. The highest BCUT2D eigenvalue weighted by molar-refractivity contribution is 5.67. The van der Waals surface area contributed by atoms with E-state index in [2.05, 4.69) is 13.8 Å². The third-order valence-corrected chi connectivity index (χ3v) is 3.48. The summed E-state index contributed by atoms with van der Waals surface area (Å²) in [7, 11) is 0. The van der Waals surface area contributed by atoms with E-state index in [-0.39, 0.29) is 6.09 Å². The van der Waals surface area contributed by atoms with Gasteiger partial charge in [0.15, 0.2) is 0 Å². The lowest BCUT2D eigenvalue weighted by atomic mass is 10.0. The van der Waals surface area contributed by atoms with E-state index >= 15 is 0 Å². The molecule has 3 nitrogen and oxygen atoms in total. The van der Waals surface area contributed by atoms with Gasteiger partial charge in [-0.15, -0.1) is 0 Å². The van der Waals surface area contributed by atoms with E-state index in [0.29, 0.717) is 12.5 Å². The molecular weight excluding hydrogens is 214 g/mol. The molecule has 17 heavy (non-hydrogen) atoms. The van der Waals surface area contributed by atoms with Crippen LogP contribution in [0.15, 0.2) is 0 Å². The molecule has 0 spiro atoms. The summed E-state index contributed by atoms with van der Waals surface area (Å²) in [6, 6.07) is 0. The summed E-state index contributed by atoms with van der Waals surface area (Å²) in [5, 5.41) is 0. The molecule has 0 aromatic rings. The minimum Gasteiger partial charge on any atom is -0.449 e. The quantitative estimate of drug-likeness (QED) is 0.634. The van der Waals surface area contributed by atoms with Crippen LogP contribution in [0.1, 0.15) is 58.8 Å². The van der Waals surface area contributed by atoms with Crippen molar-refractivity contribution in [1.82, 2.24) is 4.90 Å². The molecule has 0 aliphatic carbocycles. The molecule has 100 valence electrons. The first-order chi connectivity index (χ1) is 8.27. The van der Waals surface area contributed by atoms with Crippen LogP contribution in [0.3, 0.4) is 0 Å². The lowest BCUT2D eigenvalue weighted by molar-refractivity contribution is 0.108. The Morgan fingerprint density at radius 3 is 2.71 bits per heavy atom. The molecular formula is C14H27NO2. The van der Waals surface area contributed by atoms with Gasteiger partial charge in [0.2, 0.25) is 0 Å². The van der Waals surface area contributed by atoms with Crippen LogP contribution in [-0.2, 0) is 4.74 Å². The van der Waals surface area contributed by atoms with Gasteiger partial charge >= 0.3 is 6.09 Å². The van der Waals surface area contributed by atoms with E-state index < -0.39 is 0 Å². The third-order valence-electron chi connectivity index (χ3n) is 3.48. The highest BCUT2D eigenvalue weighted by Crippen LogP contribution is 2.22. The Morgan fingerprint density at radius 1 is 1.24 bits per heavy atom. The Labute approximate surface area is 106 Å². The Morgan fingerprint density at radius 2 is 2.00 bits per heavy atom. The highest BCUT2D eigenvalue weighted by atomic mass is 16.6. The summed E-state index contributed by atoms with van der Waals surface area (Å²) >= 11 is 0. The van der Waals surface area contributed by atoms with Crippen molar-refractivity contribution in [2.24, 2.45) is 5.92 Å². The molecule has 0 aromatic carbocycles. The Bertz CT molecular complexity index is 218. The Kier molecular flexibility index (Phi) is 7.06. The number of carbonyl (C=O) groups is 1. The molecule has 1 unspecified atom stereocenters. The second kappa shape index (κ2) is 8.37. The van der Waals surface area contributed by atoms with E-state index in [1.54, 1.807) is 0 Å². The average Bonchev–Trinajstić information content (AvgIpc) is 2.78. The zero-order valence-corrected chi connectivity index (χ0v) is 11.4. The molecule has 0 bridgehead atoms. The van der Waals surface area contributed by atoms with E-state index in [1.807, 2.05) is 4.90 Å². The van der Waals surface area contributed by atoms with Crippen molar-refractivity contribution in [1.29, 1.82) is 0 Å². The van der Waals surface area contributed by atoms with Gasteiger partial charge < -0.3 is 9.64 Å². The van der Waals surface area contributed by atoms with Gasteiger partial charge in [-0.3, -0.25) is 0 Å². The van der Waals surface area contributed by atoms with Crippen molar-refractivity contribution in [3.63, 3.8) is 0 Å². The summed E-state index contributed by atoms with van der Waals surface area (Å²) in [6.07, 6.45) is 8.27. The molecule has 1 fully saturated rings. The summed E-state index contributed by atoms with van der Waals surface area (Å²) in [4.78, 5) is 13.6. The van der Waals surface area contributed by atoms with Gasteiger partial charge in [0.05, 0.1) is 6.61 Å². The van der Waals surface area contributed by atoms with E-state index in [9.17, 15) is 4.79 Å². The van der Waals surface area contributed by atoms with Crippen LogP contribution >= 0.6 is 0 Å². The van der Waals surface area contributed by atoms with Crippen LogP contribution in [0, 0.1) is 5.92 Å². The van der Waals surface area contributed by atoms with E-state index in [1.165, 1.54) is 25.7 Å². The van der Waals surface area contributed by atoms with Gasteiger partial charge in [-0.1, -0.05) is 39.5 Å². The maximum absolute atomic E-state index is 11.7. The largest absolute Gasteiger partial charge is 0.449 e. The number of unbranched alkanes of at least 4 members (excludes halogenated alkanes) is 3. The first kappa shape index (κ1) is 14.3. The maximum atomic E-state index is 11.7. The number of hydrogen-bond acceptors (Lipinski definition) is 2. The summed E-state index contributed by atoms with van der Waals surface area (Å²) < 4.78 is 5.23. The highest BCUT2D eigenvalue weighted by Gasteiger charge is 2.26. The first-order valence-corrected chi connectivity index (χ1v) is 7.19. The fraction of sp³-hybridized carbons (Fsp3) is 0.929. The molecule has 1 aliphatic rings.